The standard InChI is InChI=1S/C14H12ClFN2O2/c15-10-2-1-3-12(17)13(10)20-7-9-6-8(14(18)19)4-5-11(9)16/h1-6H,7,17H2,(H2,18,19). The number of rotatable bonds is 4. The van der Waals surface area contributed by atoms with Gasteiger partial charge in [0, 0.05) is 11.1 Å². The number of anilines is 1. The SMILES string of the molecule is NC(=O)c1ccc(F)c(COc2c(N)cccc2Cl)c1. The van der Waals surface area contributed by atoms with Crippen molar-refractivity contribution in [2.75, 3.05) is 5.73 Å². The maximum Gasteiger partial charge on any atom is 0.248 e. The van der Waals surface area contributed by atoms with Gasteiger partial charge in [-0.05, 0) is 30.3 Å². The Morgan fingerprint density at radius 2 is 2.05 bits per heavy atom. The fourth-order valence-corrected chi connectivity index (χ4v) is 1.90. The highest BCUT2D eigenvalue weighted by atomic mass is 35.5. The summed E-state index contributed by atoms with van der Waals surface area (Å²) in [7, 11) is 0. The van der Waals surface area contributed by atoms with Crippen LogP contribution < -0.4 is 16.2 Å². The van der Waals surface area contributed by atoms with Crippen LogP contribution in [0.2, 0.25) is 5.02 Å². The number of nitrogen functional groups attached to an aromatic ring is 1. The number of carbonyl (C=O) groups is 1. The molecule has 0 radical (unpaired) electrons. The number of halogens is 2. The van der Waals surface area contributed by atoms with Gasteiger partial charge in [0.25, 0.3) is 0 Å². The summed E-state index contributed by atoms with van der Waals surface area (Å²) < 4.78 is 19.1. The molecule has 0 atom stereocenters. The molecule has 0 fully saturated rings. The smallest absolute Gasteiger partial charge is 0.248 e. The monoisotopic (exact) mass is 294 g/mol. The molecule has 0 aromatic heterocycles. The molecule has 20 heavy (non-hydrogen) atoms. The van der Waals surface area contributed by atoms with Crippen LogP contribution in [0.3, 0.4) is 0 Å². The van der Waals surface area contributed by atoms with Crippen molar-refractivity contribution in [1.29, 1.82) is 0 Å². The van der Waals surface area contributed by atoms with Gasteiger partial charge < -0.3 is 16.2 Å². The molecule has 0 spiro atoms. The van der Waals surface area contributed by atoms with Gasteiger partial charge in [-0.2, -0.15) is 0 Å². The van der Waals surface area contributed by atoms with Gasteiger partial charge in [0.15, 0.2) is 5.75 Å². The second kappa shape index (κ2) is 5.79. The maximum atomic E-state index is 13.6. The molecule has 4 N–H and O–H groups in total. The van der Waals surface area contributed by atoms with Crippen molar-refractivity contribution >= 4 is 23.2 Å². The molecule has 1 amide bonds. The van der Waals surface area contributed by atoms with E-state index in [4.69, 9.17) is 27.8 Å². The van der Waals surface area contributed by atoms with Crippen LogP contribution in [-0.2, 0) is 6.61 Å². The molecule has 0 unspecified atom stereocenters. The third-order valence-corrected chi connectivity index (χ3v) is 3.00. The second-order valence-corrected chi connectivity index (χ2v) is 4.52. The van der Waals surface area contributed by atoms with E-state index < -0.39 is 11.7 Å². The highest BCUT2D eigenvalue weighted by Crippen LogP contribution is 2.31. The van der Waals surface area contributed by atoms with Gasteiger partial charge >= 0.3 is 0 Å². The van der Waals surface area contributed by atoms with Crippen LogP contribution in [-0.4, -0.2) is 5.91 Å². The largest absolute Gasteiger partial charge is 0.485 e. The maximum absolute atomic E-state index is 13.6. The van der Waals surface area contributed by atoms with E-state index in [2.05, 4.69) is 0 Å². The zero-order chi connectivity index (χ0) is 14.7. The molecule has 0 aliphatic carbocycles. The Bertz CT molecular complexity index is 641. The van der Waals surface area contributed by atoms with Gasteiger partial charge in [-0.15, -0.1) is 0 Å². The number of hydrogen-bond acceptors (Lipinski definition) is 3. The van der Waals surface area contributed by atoms with E-state index in [0.29, 0.717) is 10.7 Å². The average molecular weight is 295 g/mol. The van der Waals surface area contributed by atoms with Crippen molar-refractivity contribution in [1.82, 2.24) is 0 Å². The molecule has 0 saturated heterocycles. The van der Waals surface area contributed by atoms with E-state index in [1.165, 1.54) is 12.1 Å². The van der Waals surface area contributed by atoms with Crippen molar-refractivity contribution in [3.63, 3.8) is 0 Å². The fraction of sp³-hybridized carbons (Fsp3) is 0.0714. The summed E-state index contributed by atoms with van der Waals surface area (Å²) >= 11 is 5.94. The predicted octanol–water partition coefficient (Wildman–Crippen LogP) is 2.74. The van der Waals surface area contributed by atoms with Crippen LogP contribution in [0.25, 0.3) is 0 Å². The molecule has 2 rings (SSSR count). The lowest BCUT2D eigenvalue weighted by molar-refractivity contribution is 0.1000. The molecule has 2 aromatic rings. The molecular formula is C14H12ClFN2O2. The molecule has 0 bridgehead atoms. The Labute approximate surface area is 120 Å². The van der Waals surface area contributed by atoms with Crippen molar-refractivity contribution in [2.24, 2.45) is 5.73 Å². The van der Waals surface area contributed by atoms with Crippen LogP contribution in [0.1, 0.15) is 15.9 Å². The predicted molar refractivity (Wildman–Crippen MR) is 75.1 cm³/mol. The Kier molecular flexibility index (Phi) is 4.10. The molecule has 0 aliphatic heterocycles. The topological polar surface area (TPSA) is 78.3 Å². The van der Waals surface area contributed by atoms with Gasteiger partial charge in [0.1, 0.15) is 12.4 Å². The molecular weight excluding hydrogens is 283 g/mol. The number of amides is 1. The number of para-hydroxylation sites is 1. The summed E-state index contributed by atoms with van der Waals surface area (Å²) in [4.78, 5) is 11.1. The van der Waals surface area contributed by atoms with E-state index >= 15 is 0 Å². The van der Waals surface area contributed by atoms with Crippen LogP contribution in [0.15, 0.2) is 36.4 Å². The Balaban J connectivity index is 2.23. The zero-order valence-electron chi connectivity index (χ0n) is 10.4. The summed E-state index contributed by atoms with van der Waals surface area (Å²) in [6, 6.07) is 8.73. The summed E-state index contributed by atoms with van der Waals surface area (Å²) in [6.07, 6.45) is 0. The first-order chi connectivity index (χ1) is 9.49. The lowest BCUT2D eigenvalue weighted by Crippen LogP contribution is -2.12. The lowest BCUT2D eigenvalue weighted by Gasteiger charge is -2.11. The number of hydrogen-bond donors (Lipinski definition) is 2. The van der Waals surface area contributed by atoms with Crippen molar-refractivity contribution < 1.29 is 13.9 Å². The van der Waals surface area contributed by atoms with Crippen LogP contribution in [0.4, 0.5) is 10.1 Å². The molecule has 2 aromatic carbocycles. The first kappa shape index (κ1) is 14.1. The Morgan fingerprint density at radius 1 is 1.30 bits per heavy atom. The first-order valence-corrected chi connectivity index (χ1v) is 6.12. The highest BCUT2D eigenvalue weighted by molar-refractivity contribution is 6.32. The molecule has 4 nitrogen and oxygen atoms in total. The third kappa shape index (κ3) is 3.00. The number of primary amides is 1. The van der Waals surface area contributed by atoms with Crippen molar-refractivity contribution in [3.8, 4) is 5.75 Å². The Hall–Kier alpha value is -2.27. The summed E-state index contributed by atoms with van der Waals surface area (Å²) in [5.74, 6) is -0.859. The van der Waals surface area contributed by atoms with E-state index in [9.17, 15) is 9.18 Å². The van der Waals surface area contributed by atoms with Crippen molar-refractivity contribution in [3.05, 3.63) is 58.4 Å². The van der Waals surface area contributed by atoms with Gasteiger partial charge in [-0.25, -0.2) is 4.39 Å². The average Bonchev–Trinajstić information content (AvgIpc) is 2.39. The molecule has 104 valence electrons. The first-order valence-electron chi connectivity index (χ1n) is 5.74. The second-order valence-electron chi connectivity index (χ2n) is 4.12. The van der Waals surface area contributed by atoms with Crippen LogP contribution in [0.5, 0.6) is 5.75 Å². The minimum absolute atomic E-state index is 0.110. The van der Waals surface area contributed by atoms with E-state index in [-0.39, 0.29) is 23.5 Å². The summed E-state index contributed by atoms with van der Waals surface area (Å²) in [5.41, 5.74) is 11.6. The van der Waals surface area contributed by atoms with E-state index in [0.717, 1.165) is 6.07 Å². The number of nitrogens with two attached hydrogens (primary N) is 2. The molecule has 0 saturated carbocycles. The molecule has 0 aliphatic rings. The van der Waals surface area contributed by atoms with Gasteiger partial charge in [0.2, 0.25) is 5.91 Å². The summed E-state index contributed by atoms with van der Waals surface area (Å²) in [5, 5.41) is 0.330. The van der Waals surface area contributed by atoms with Crippen LogP contribution >= 0.6 is 11.6 Å². The number of carbonyl (C=O) groups excluding carboxylic acids is 1. The van der Waals surface area contributed by atoms with Gasteiger partial charge in [-0.1, -0.05) is 17.7 Å². The number of benzene rings is 2. The quantitative estimate of drug-likeness (QED) is 0.851. The van der Waals surface area contributed by atoms with Crippen molar-refractivity contribution in [2.45, 2.75) is 6.61 Å². The van der Waals surface area contributed by atoms with Crippen LogP contribution in [0, 0.1) is 5.82 Å². The minimum Gasteiger partial charge on any atom is -0.485 e. The highest BCUT2D eigenvalue weighted by Gasteiger charge is 2.10. The fourth-order valence-electron chi connectivity index (χ4n) is 1.67. The zero-order valence-corrected chi connectivity index (χ0v) is 11.2. The molecule has 6 heteroatoms. The summed E-state index contributed by atoms with van der Waals surface area (Å²) in [6.45, 7) is -0.110. The normalized spacial score (nSPS) is 10.3. The molecule has 0 heterocycles. The third-order valence-electron chi connectivity index (χ3n) is 2.70. The van der Waals surface area contributed by atoms with Gasteiger partial charge in [0.05, 0.1) is 10.7 Å². The van der Waals surface area contributed by atoms with E-state index in [1.54, 1.807) is 18.2 Å². The lowest BCUT2D eigenvalue weighted by atomic mass is 10.1. The van der Waals surface area contributed by atoms with Gasteiger partial charge in [-0.3, -0.25) is 4.79 Å². The minimum atomic E-state index is -0.636. The Morgan fingerprint density at radius 3 is 2.70 bits per heavy atom. The van der Waals surface area contributed by atoms with E-state index in [1.807, 2.05) is 0 Å². The number of ether oxygens (including phenoxy) is 1.